The summed E-state index contributed by atoms with van der Waals surface area (Å²) in [6.07, 6.45) is 4.86. The molecule has 3 heterocycles. The lowest BCUT2D eigenvalue weighted by molar-refractivity contribution is 0.0966. The molecule has 100 valence electrons. The maximum absolute atomic E-state index is 12.1. The number of hydrogen-bond donors (Lipinski definition) is 0. The fourth-order valence-corrected chi connectivity index (χ4v) is 2.40. The average Bonchev–Trinajstić information content (AvgIpc) is 3.18. The number of aromatic nitrogens is 3. The molecule has 0 spiro atoms. The van der Waals surface area contributed by atoms with Gasteiger partial charge in [0.2, 0.25) is 5.13 Å². The molecule has 0 fully saturated rings. The van der Waals surface area contributed by atoms with Crippen LogP contribution in [0, 0.1) is 0 Å². The third-order valence-electron chi connectivity index (χ3n) is 2.65. The lowest BCUT2D eigenvalue weighted by atomic mass is 10.3. The first-order chi connectivity index (χ1) is 9.75. The van der Waals surface area contributed by atoms with E-state index in [9.17, 15) is 4.79 Å². The number of nitrogens with zero attached hydrogens (tertiary/aromatic N) is 4. The summed E-state index contributed by atoms with van der Waals surface area (Å²) in [7, 11) is 1.64. The predicted octanol–water partition coefficient (Wildman–Crippen LogP) is 2.47. The molecule has 3 aromatic heterocycles. The minimum absolute atomic E-state index is 0.260. The number of amides is 1. The number of carbonyl (C=O) groups is 1. The van der Waals surface area contributed by atoms with Crippen LogP contribution in [0.15, 0.2) is 47.3 Å². The van der Waals surface area contributed by atoms with E-state index in [1.807, 2.05) is 12.1 Å². The topological polar surface area (TPSA) is 72.1 Å². The summed E-state index contributed by atoms with van der Waals surface area (Å²) < 4.78 is 5.08. The molecule has 0 aliphatic rings. The normalized spacial score (nSPS) is 10.4. The molecule has 0 atom stereocenters. The molecule has 0 bridgehead atoms. The molecule has 0 saturated carbocycles. The van der Waals surface area contributed by atoms with Crippen molar-refractivity contribution in [3.8, 4) is 10.6 Å². The first kappa shape index (κ1) is 12.5. The zero-order valence-electron chi connectivity index (χ0n) is 10.6. The average molecular weight is 286 g/mol. The van der Waals surface area contributed by atoms with Crippen molar-refractivity contribution in [1.29, 1.82) is 0 Å². The van der Waals surface area contributed by atoms with Gasteiger partial charge in [-0.3, -0.25) is 14.7 Å². The molecular formula is C13H10N4O2S. The van der Waals surface area contributed by atoms with E-state index >= 15 is 0 Å². The summed E-state index contributed by atoms with van der Waals surface area (Å²) in [4.78, 5) is 17.6. The first-order valence-corrected chi connectivity index (χ1v) is 6.63. The lowest BCUT2D eigenvalue weighted by Gasteiger charge is -2.10. The summed E-state index contributed by atoms with van der Waals surface area (Å²) in [6, 6.07) is 7.00. The number of pyridine rings is 1. The van der Waals surface area contributed by atoms with Crippen LogP contribution in [0.2, 0.25) is 0 Å². The quantitative estimate of drug-likeness (QED) is 0.739. The number of hydrogen-bond acceptors (Lipinski definition) is 6. The molecule has 0 aliphatic heterocycles. The highest BCUT2D eigenvalue weighted by atomic mass is 32.1. The Morgan fingerprint density at radius 1 is 1.30 bits per heavy atom. The van der Waals surface area contributed by atoms with Gasteiger partial charge in [-0.2, -0.15) is 0 Å². The molecule has 6 nitrogen and oxygen atoms in total. The molecule has 7 heteroatoms. The van der Waals surface area contributed by atoms with Crippen molar-refractivity contribution in [3.05, 3.63) is 48.7 Å². The van der Waals surface area contributed by atoms with Gasteiger partial charge in [-0.15, -0.1) is 10.2 Å². The molecule has 0 unspecified atom stereocenters. The van der Waals surface area contributed by atoms with E-state index in [1.165, 1.54) is 22.5 Å². The van der Waals surface area contributed by atoms with Crippen molar-refractivity contribution in [1.82, 2.24) is 15.2 Å². The van der Waals surface area contributed by atoms with Crippen LogP contribution in [-0.4, -0.2) is 28.1 Å². The van der Waals surface area contributed by atoms with Crippen molar-refractivity contribution in [2.45, 2.75) is 0 Å². The maximum atomic E-state index is 12.1. The standard InChI is InChI=1S/C13H10N4O2S/c1-17(12(18)10-5-3-7-19-10)13-16-15-11(20-13)9-4-2-6-14-8-9/h2-8H,1H3. The Bertz CT molecular complexity index is 709. The van der Waals surface area contributed by atoms with Crippen LogP contribution in [0.3, 0.4) is 0 Å². The number of rotatable bonds is 3. The van der Waals surface area contributed by atoms with Crippen LogP contribution in [0.5, 0.6) is 0 Å². The highest BCUT2D eigenvalue weighted by molar-refractivity contribution is 7.18. The predicted molar refractivity (Wildman–Crippen MR) is 74.6 cm³/mol. The zero-order chi connectivity index (χ0) is 13.9. The van der Waals surface area contributed by atoms with Crippen LogP contribution in [0.1, 0.15) is 10.6 Å². The molecule has 0 aromatic carbocycles. The van der Waals surface area contributed by atoms with Crippen LogP contribution in [0.25, 0.3) is 10.6 Å². The van der Waals surface area contributed by atoms with Gasteiger partial charge in [-0.25, -0.2) is 0 Å². The molecule has 0 radical (unpaired) electrons. The van der Waals surface area contributed by atoms with Crippen molar-refractivity contribution in [2.75, 3.05) is 11.9 Å². The maximum Gasteiger partial charge on any atom is 0.295 e. The summed E-state index contributed by atoms with van der Waals surface area (Å²) in [6.45, 7) is 0. The SMILES string of the molecule is CN(C(=O)c1ccco1)c1nnc(-c2cccnc2)s1. The molecule has 0 saturated heterocycles. The molecule has 3 rings (SSSR count). The largest absolute Gasteiger partial charge is 0.459 e. The van der Waals surface area contributed by atoms with E-state index in [0.29, 0.717) is 10.1 Å². The van der Waals surface area contributed by atoms with Gasteiger partial charge < -0.3 is 4.42 Å². The van der Waals surface area contributed by atoms with Crippen LogP contribution in [-0.2, 0) is 0 Å². The molecule has 1 amide bonds. The van der Waals surface area contributed by atoms with Crippen LogP contribution >= 0.6 is 11.3 Å². The van der Waals surface area contributed by atoms with Gasteiger partial charge in [0.15, 0.2) is 10.8 Å². The molecular weight excluding hydrogens is 276 g/mol. The highest BCUT2D eigenvalue weighted by Gasteiger charge is 2.19. The Hall–Kier alpha value is -2.54. The highest BCUT2D eigenvalue weighted by Crippen LogP contribution is 2.28. The Morgan fingerprint density at radius 3 is 2.90 bits per heavy atom. The van der Waals surface area contributed by atoms with Crippen molar-refractivity contribution in [3.63, 3.8) is 0 Å². The van der Waals surface area contributed by atoms with Gasteiger partial charge in [-0.1, -0.05) is 11.3 Å². The Labute approximate surface area is 118 Å². The van der Waals surface area contributed by atoms with Gasteiger partial charge in [0.05, 0.1) is 6.26 Å². The lowest BCUT2D eigenvalue weighted by Crippen LogP contribution is -2.25. The third-order valence-corrected chi connectivity index (χ3v) is 3.70. The smallest absolute Gasteiger partial charge is 0.295 e. The molecule has 0 aliphatic carbocycles. The number of furan rings is 1. The Balaban J connectivity index is 1.85. The fourth-order valence-electron chi connectivity index (χ4n) is 1.61. The van der Waals surface area contributed by atoms with Crippen molar-refractivity contribution in [2.24, 2.45) is 0 Å². The van der Waals surface area contributed by atoms with E-state index in [0.717, 1.165) is 5.56 Å². The minimum atomic E-state index is -0.260. The Kier molecular flexibility index (Phi) is 3.26. The van der Waals surface area contributed by atoms with Gasteiger partial charge in [0, 0.05) is 25.0 Å². The van der Waals surface area contributed by atoms with Crippen molar-refractivity contribution < 1.29 is 9.21 Å². The van der Waals surface area contributed by atoms with Crippen molar-refractivity contribution >= 4 is 22.4 Å². The third kappa shape index (κ3) is 2.30. The summed E-state index contributed by atoms with van der Waals surface area (Å²) in [5, 5.41) is 9.32. The number of carbonyl (C=O) groups excluding carboxylic acids is 1. The molecule has 0 N–H and O–H groups in total. The van der Waals surface area contributed by atoms with Crippen LogP contribution < -0.4 is 4.90 Å². The van der Waals surface area contributed by atoms with E-state index < -0.39 is 0 Å². The summed E-state index contributed by atoms with van der Waals surface area (Å²) in [5.74, 6) is 0.00881. The van der Waals surface area contributed by atoms with Gasteiger partial charge in [0.1, 0.15) is 0 Å². The minimum Gasteiger partial charge on any atom is -0.459 e. The van der Waals surface area contributed by atoms with E-state index in [1.54, 1.807) is 31.6 Å². The zero-order valence-corrected chi connectivity index (χ0v) is 11.4. The second-order valence-corrected chi connectivity index (χ2v) is 4.93. The monoisotopic (exact) mass is 286 g/mol. The van der Waals surface area contributed by atoms with E-state index in [2.05, 4.69) is 15.2 Å². The van der Waals surface area contributed by atoms with E-state index in [4.69, 9.17) is 4.42 Å². The summed E-state index contributed by atoms with van der Waals surface area (Å²) in [5.41, 5.74) is 0.870. The van der Waals surface area contributed by atoms with Crippen LogP contribution in [0.4, 0.5) is 5.13 Å². The fraction of sp³-hybridized carbons (Fsp3) is 0.0769. The van der Waals surface area contributed by atoms with Gasteiger partial charge in [-0.05, 0) is 24.3 Å². The Morgan fingerprint density at radius 2 is 2.20 bits per heavy atom. The van der Waals surface area contributed by atoms with Gasteiger partial charge in [0.25, 0.3) is 5.91 Å². The van der Waals surface area contributed by atoms with E-state index in [-0.39, 0.29) is 11.7 Å². The second-order valence-electron chi connectivity index (χ2n) is 3.97. The van der Waals surface area contributed by atoms with Gasteiger partial charge >= 0.3 is 0 Å². The molecule has 3 aromatic rings. The number of anilines is 1. The summed E-state index contributed by atoms with van der Waals surface area (Å²) >= 11 is 1.32. The molecule has 20 heavy (non-hydrogen) atoms. The second kappa shape index (κ2) is 5.22. The first-order valence-electron chi connectivity index (χ1n) is 5.81.